The Bertz CT molecular complexity index is 685. The van der Waals surface area contributed by atoms with Gasteiger partial charge in [0.1, 0.15) is 12.2 Å². The van der Waals surface area contributed by atoms with E-state index >= 15 is 0 Å². The van der Waals surface area contributed by atoms with Gasteiger partial charge in [0, 0.05) is 22.9 Å². The third-order valence-electron chi connectivity index (χ3n) is 6.35. The monoisotopic (exact) mass is 300 g/mol. The van der Waals surface area contributed by atoms with E-state index in [1.807, 2.05) is 12.1 Å². The maximum atomic E-state index is 10.6. The van der Waals surface area contributed by atoms with E-state index in [1.165, 1.54) is 11.1 Å². The normalized spacial score (nSPS) is 41.0. The van der Waals surface area contributed by atoms with Crippen molar-refractivity contribution in [3.05, 3.63) is 35.4 Å². The molecule has 2 aliphatic heterocycles. The number of piperidine rings is 1. The summed E-state index contributed by atoms with van der Waals surface area (Å²) in [5.74, 6) is 2.09. The molecule has 1 spiro atoms. The number of likely N-dealkylation sites (N-methyl/N-ethyl adjacent to an activating group) is 1. The second kappa shape index (κ2) is 4.06. The van der Waals surface area contributed by atoms with Gasteiger partial charge >= 0.3 is 0 Å². The Morgan fingerprint density at radius 1 is 1.36 bits per heavy atom. The number of likely N-dealkylation sites (tertiary alicyclic amines) is 1. The van der Waals surface area contributed by atoms with Gasteiger partial charge in [-0.05, 0) is 38.1 Å². The van der Waals surface area contributed by atoms with E-state index in [-0.39, 0.29) is 11.5 Å². The maximum Gasteiger partial charge on any atom is 0.165 e. The van der Waals surface area contributed by atoms with Crippen molar-refractivity contribution in [2.75, 3.05) is 20.7 Å². The minimum atomic E-state index is -0.539. The summed E-state index contributed by atoms with van der Waals surface area (Å²) in [4.78, 5) is 2.47. The van der Waals surface area contributed by atoms with Crippen LogP contribution in [0.15, 0.2) is 24.3 Å². The summed E-state index contributed by atoms with van der Waals surface area (Å²) in [6, 6.07) is 4.70. The summed E-state index contributed by atoms with van der Waals surface area (Å²) in [6.07, 6.45) is 5.54. The number of rotatable bonds is 1. The number of aliphatic hydroxyl groups is 1. The number of aliphatic hydroxyl groups excluding tert-OH is 1. The molecule has 0 saturated carbocycles. The second-order valence-electron chi connectivity index (χ2n) is 7.11. The van der Waals surface area contributed by atoms with Crippen molar-refractivity contribution in [1.82, 2.24) is 4.90 Å². The van der Waals surface area contributed by atoms with Gasteiger partial charge in [-0.2, -0.15) is 0 Å². The number of methoxy groups -OCH3 is 1. The Balaban J connectivity index is 1.82. The van der Waals surface area contributed by atoms with Crippen LogP contribution in [-0.4, -0.2) is 49.0 Å². The third-order valence-corrected chi connectivity index (χ3v) is 6.35. The largest absolute Gasteiger partial charge is 0.493 e. The molecule has 4 heteroatoms. The molecule has 1 N–H and O–H groups in total. The Morgan fingerprint density at radius 2 is 2.23 bits per heavy atom. The molecule has 0 radical (unpaired) electrons. The third kappa shape index (κ3) is 1.28. The SMILES string of the molecule is COc1ccc2c3c1O[C@H]1[C@@H](O)C=C[C@H]4C(C2)N([13CH3])CC[C@@]341. The zero-order valence-corrected chi connectivity index (χ0v) is 13.0. The van der Waals surface area contributed by atoms with Crippen LogP contribution in [0.2, 0.25) is 0 Å². The minimum absolute atomic E-state index is 0.0806. The van der Waals surface area contributed by atoms with Crippen LogP contribution in [-0.2, 0) is 11.8 Å². The molecule has 22 heavy (non-hydrogen) atoms. The predicted octanol–water partition coefficient (Wildman–Crippen LogP) is 1.50. The summed E-state index contributed by atoms with van der Waals surface area (Å²) >= 11 is 0. The van der Waals surface area contributed by atoms with Gasteiger partial charge in [0.05, 0.1) is 7.11 Å². The van der Waals surface area contributed by atoms with Crippen molar-refractivity contribution in [2.24, 2.45) is 5.92 Å². The highest BCUT2D eigenvalue weighted by Crippen LogP contribution is 2.62. The molecule has 1 unspecified atom stereocenters. The highest BCUT2D eigenvalue weighted by atomic mass is 16.5. The number of hydrogen-bond acceptors (Lipinski definition) is 4. The summed E-state index contributed by atoms with van der Waals surface area (Å²) < 4.78 is 11.8. The smallest absolute Gasteiger partial charge is 0.165 e. The highest BCUT2D eigenvalue weighted by Gasteiger charge is 2.64. The fraction of sp³-hybridized carbons (Fsp3) is 0.556. The Labute approximate surface area is 130 Å². The first-order chi connectivity index (χ1) is 10.7. The Morgan fingerprint density at radius 3 is 3.05 bits per heavy atom. The van der Waals surface area contributed by atoms with E-state index in [0.717, 1.165) is 30.9 Å². The molecule has 0 amide bonds. The van der Waals surface area contributed by atoms with Gasteiger partial charge in [0.2, 0.25) is 0 Å². The van der Waals surface area contributed by atoms with Crippen LogP contribution >= 0.6 is 0 Å². The maximum absolute atomic E-state index is 10.6. The Hall–Kier alpha value is -1.52. The van der Waals surface area contributed by atoms with Crippen molar-refractivity contribution in [3.63, 3.8) is 0 Å². The lowest BCUT2D eigenvalue weighted by atomic mass is 9.53. The van der Waals surface area contributed by atoms with Gasteiger partial charge in [-0.1, -0.05) is 18.2 Å². The molecule has 1 saturated heterocycles. The molecule has 1 aromatic carbocycles. The van der Waals surface area contributed by atoms with Crippen molar-refractivity contribution >= 4 is 0 Å². The lowest BCUT2D eigenvalue weighted by molar-refractivity contribution is -0.0453. The van der Waals surface area contributed by atoms with E-state index in [9.17, 15) is 5.11 Å². The van der Waals surface area contributed by atoms with Gasteiger partial charge in [-0.25, -0.2) is 0 Å². The van der Waals surface area contributed by atoms with Crippen LogP contribution < -0.4 is 9.47 Å². The van der Waals surface area contributed by atoms with Gasteiger partial charge < -0.3 is 19.5 Å². The second-order valence-corrected chi connectivity index (χ2v) is 7.11. The average Bonchev–Trinajstić information content (AvgIpc) is 2.88. The van der Waals surface area contributed by atoms with Crippen LogP contribution in [0.25, 0.3) is 0 Å². The topological polar surface area (TPSA) is 41.9 Å². The first-order valence-electron chi connectivity index (χ1n) is 8.10. The lowest BCUT2D eigenvalue weighted by Crippen LogP contribution is -2.64. The molecular formula is C18H21NO3. The first-order valence-corrected chi connectivity index (χ1v) is 8.10. The molecule has 2 aliphatic carbocycles. The minimum Gasteiger partial charge on any atom is -0.493 e. The standard InChI is InChI=1S/C18H21NO3/c1-19-8-7-18-11-4-5-13(20)17(18)22-16-14(21-2)6-3-10(15(16)18)9-12(11)19/h3-6,11-13,17,20H,7-9H2,1-2H3/t11-,12?,13-,17-,18-/m0/s1/i1+1. The summed E-state index contributed by atoms with van der Waals surface area (Å²) in [5.41, 5.74) is 2.60. The number of nitrogens with zero attached hydrogens (tertiary/aromatic N) is 1. The van der Waals surface area contributed by atoms with Crippen molar-refractivity contribution in [2.45, 2.75) is 36.5 Å². The number of ether oxygens (including phenoxy) is 2. The van der Waals surface area contributed by atoms with Crippen molar-refractivity contribution in [3.8, 4) is 11.5 Å². The number of benzene rings is 1. The molecule has 5 atom stereocenters. The van der Waals surface area contributed by atoms with Crippen LogP contribution in [0.5, 0.6) is 11.5 Å². The molecule has 2 heterocycles. The molecule has 2 bridgehead atoms. The molecular weight excluding hydrogens is 279 g/mol. The van der Waals surface area contributed by atoms with Gasteiger partial charge in [0.25, 0.3) is 0 Å². The molecule has 1 fully saturated rings. The van der Waals surface area contributed by atoms with Gasteiger partial charge in [-0.15, -0.1) is 0 Å². The van der Waals surface area contributed by atoms with Crippen LogP contribution in [0, 0.1) is 5.92 Å². The lowest BCUT2D eigenvalue weighted by Gasteiger charge is -2.56. The van der Waals surface area contributed by atoms with Crippen molar-refractivity contribution in [1.29, 1.82) is 0 Å². The zero-order chi connectivity index (χ0) is 15.1. The van der Waals surface area contributed by atoms with Crippen LogP contribution in [0.1, 0.15) is 17.5 Å². The van der Waals surface area contributed by atoms with Crippen LogP contribution in [0.4, 0.5) is 0 Å². The fourth-order valence-electron chi connectivity index (χ4n) is 5.39. The molecule has 116 valence electrons. The van der Waals surface area contributed by atoms with E-state index in [0.29, 0.717) is 12.0 Å². The molecule has 5 rings (SSSR count). The van der Waals surface area contributed by atoms with Gasteiger partial charge in [0.15, 0.2) is 11.5 Å². The highest BCUT2D eigenvalue weighted by molar-refractivity contribution is 5.62. The summed E-state index contributed by atoms with van der Waals surface area (Å²) in [7, 11) is 3.91. The van der Waals surface area contributed by atoms with E-state index < -0.39 is 6.10 Å². The average molecular weight is 300 g/mol. The molecule has 4 aliphatic rings. The van der Waals surface area contributed by atoms with E-state index in [4.69, 9.17) is 9.47 Å². The summed E-state index contributed by atoms with van der Waals surface area (Å²) in [5, 5.41) is 10.6. The molecule has 1 aromatic rings. The molecule has 4 nitrogen and oxygen atoms in total. The summed E-state index contributed by atoms with van der Waals surface area (Å²) in [6.45, 7) is 1.05. The quantitative estimate of drug-likeness (QED) is 0.630. The Kier molecular flexibility index (Phi) is 2.39. The van der Waals surface area contributed by atoms with E-state index in [2.05, 4.69) is 24.1 Å². The van der Waals surface area contributed by atoms with Gasteiger partial charge in [-0.3, -0.25) is 0 Å². The first kappa shape index (κ1) is 13.0. The molecule has 0 aromatic heterocycles. The predicted molar refractivity (Wildman–Crippen MR) is 82.5 cm³/mol. The number of hydrogen-bond donors (Lipinski definition) is 1. The zero-order valence-electron chi connectivity index (χ0n) is 13.0. The van der Waals surface area contributed by atoms with Crippen molar-refractivity contribution < 1.29 is 14.6 Å². The van der Waals surface area contributed by atoms with Crippen LogP contribution in [0.3, 0.4) is 0 Å². The fourth-order valence-corrected chi connectivity index (χ4v) is 5.39. The van der Waals surface area contributed by atoms with E-state index in [1.54, 1.807) is 7.11 Å².